The van der Waals surface area contributed by atoms with Crippen LogP contribution in [0.4, 0.5) is 0 Å². The first-order valence-electron chi connectivity index (χ1n) is 15.8. The van der Waals surface area contributed by atoms with Gasteiger partial charge in [-0.1, -0.05) is 0 Å². The van der Waals surface area contributed by atoms with Crippen molar-refractivity contribution in [1.29, 1.82) is 0 Å². The molecule has 0 aliphatic carbocycles. The highest BCUT2D eigenvalue weighted by atomic mass is 16.4. The molecule has 0 rings (SSSR count). The van der Waals surface area contributed by atoms with Crippen molar-refractivity contribution in [3.63, 3.8) is 0 Å². The number of carbonyl (C=O) groups is 5. The molecule has 0 aromatic carbocycles. The van der Waals surface area contributed by atoms with Crippen LogP contribution >= 0.6 is 0 Å². The molecular formula is C29H57N7O13. The Morgan fingerprint density at radius 3 is 1.51 bits per heavy atom. The number of hydrogen-bond donors (Lipinski definition) is 10. The highest BCUT2D eigenvalue weighted by molar-refractivity contribution is 5.91. The Morgan fingerprint density at radius 1 is 0.592 bits per heavy atom. The SMILES string of the molecule is CNCC(=O)N(C)CC(=O)N(C)CC(=O)N(C)CC(=O)N(C)CC(=O)NCCN(C[C@@H](O)CC[C@@H](O)CO)C[C@@H](O)[C@H](O)[C@@H](O)[C@@H](O)CO. The van der Waals surface area contributed by atoms with E-state index in [0.717, 1.165) is 14.7 Å². The molecule has 0 radical (unpaired) electrons. The van der Waals surface area contributed by atoms with E-state index in [1.807, 2.05) is 0 Å². The minimum atomic E-state index is -1.87. The maximum absolute atomic E-state index is 12.7. The van der Waals surface area contributed by atoms with Crippen LogP contribution in [0.25, 0.3) is 0 Å². The van der Waals surface area contributed by atoms with Gasteiger partial charge in [0, 0.05) is 54.4 Å². The van der Waals surface area contributed by atoms with Crippen molar-refractivity contribution in [3.05, 3.63) is 0 Å². The van der Waals surface area contributed by atoms with Gasteiger partial charge >= 0.3 is 0 Å². The molecule has 5 amide bonds. The molecule has 6 atom stereocenters. The van der Waals surface area contributed by atoms with Gasteiger partial charge in [-0.25, -0.2) is 0 Å². The number of carbonyl (C=O) groups excluding carboxylic acids is 5. The van der Waals surface area contributed by atoms with E-state index in [2.05, 4.69) is 10.6 Å². The fourth-order valence-corrected chi connectivity index (χ4v) is 4.29. The van der Waals surface area contributed by atoms with Crippen LogP contribution in [0.1, 0.15) is 12.8 Å². The molecule has 0 bridgehead atoms. The maximum Gasteiger partial charge on any atom is 0.242 e. The van der Waals surface area contributed by atoms with Crippen LogP contribution in [0.3, 0.4) is 0 Å². The molecule has 0 fully saturated rings. The molecule has 49 heavy (non-hydrogen) atoms. The van der Waals surface area contributed by atoms with Crippen LogP contribution in [-0.2, 0) is 24.0 Å². The first-order valence-corrected chi connectivity index (χ1v) is 15.8. The molecule has 0 heterocycles. The summed E-state index contributed by atoms with van der Waals surface area (Å²) >= 11 is 0. The summed E-state index contributed by atoms with van der Waals surface area (Å²) in [5, 5.41) is 83.3. The maximum atomic E-state index is 12.7. The molecule has 10 N–H and O–H groups in total. The van der Waals surface area contributed by atoms with E-state index >= 15 is 0 Å². The second-order valence-electron chi connectivity index (χ2n) is 12.0. The van der Waals surface area contributed by atoms with E-state index in [4.69, 9.17) is 10.2 Å². The monoisotopic (exact) mass is 711 g/mol. The molecule has 20 nitrogen and oxygen atoms in total. The molecular weight excluding hydrogens is 654 g/mol. The lowest BCUT2D eigenvalue weighted by Gasteiger charge is -2.31. The minimum Gasteiger partial charge on any atom is -0.394 e. The minimum absolute atomic E-state index is 0.00830. The Hall–Kier alpha value is -3.05. The lowest BCUT2D eigenvalue weighted by Crippen LogP contribution is -2.51. The van der Waals surface area contributed by atoms with Crippen molar-refractivity contribution in [2.24, 2.45) is 0 Å². The Balaban J connectivity index is 5.02. The molecule has 0 aliphatic rings. The number of likely N-dealkylation sites (N-methyl/N-ethyl adjacent to an activating group) is 5. The molecule has 0 unspecified atom stereocenters. The molecule has 0 spiro atoms. The second-order valence-corrected chi connectivity index (χ2v) is 12.0. The molecule has 0 aromatic heterocycles. The summed E-state index contributed by atoms with van der Waals surface area (Å²) in [7, 11) is 7.14. The highest BCUT2D eigenvalue weighted by Crippen LogP contribution is 2.09. The van der Waals surface area contributed by atoms with Crippen LogP contribution in [-0.4, -0.2) is 239 Å². The zero-order chi connectivity index (χ0) is 37.8. The van der Waals surface area contributed by atoms with E-state index in [1.165, 1.54) is 38.0 Å². The summed E-state index contributed by atoms with van der Waals surface area (Å²) in [5.41, 5.74) is 0. The topological polar surface area (TPSA) is 287 Å². The van der Waals surface area contributed by atoms with Crippen molar-refractivity contribution in [2.45, 2.75) is 49.5 Å². The van der Waals surface area contributed by atoms with E-state index in [0.29, 0.717) is 0 Å². The summed E-state index contributed by atoms with van der Waals surface area (Å²) in [5.74, 6) is -2.50. The van der Waals surface area contributed by atoms with Gasteiger partial charge in [0.25, 0.3) is 0 Å². The molecule has 0 aromatic rings. The summed E-state index contributed by atoms with van der Waals surface area (Å²) < 4.78 is 0. The van der Waals surface area contributed by atoms with E-state index in [-0.39, 0.29) is 77.7 Å². The van der Waals surface area contributed by atoms with Gasteiger partial charge in [0.15, 0.2) is 0 Å². The van der Waals surface area contributed by atoms with E-state index < -0.39 is 73.5 Å². The summed E-state index contributed by atoms with van der Waals surface area (Å²) in [6.45, 7) is -3.17. The summed E-state index contributed by atoms with van der Waals surface area (Å²) in [6, 6.07) is 0. The predicted molar refractivity (Wildman–Crippen MR) is 173 cm³/mol. The van der Waals surface area contributed by atoms with Crippen LogP contribution in [0.5, 0.6) is 0 Å². The van der Waals surface area contributed by atoms with E-state index in [9.17, 15) is 54.6 Å². The zero-order valence-corrected chi connectivity index (χ0v) is 29.0. The fourth-order valence-electron chi connectivity index (χ4n) is 4.29. The number of aliphatic hydroxyl groups is 8. The third kappa shape index (κ3) is 18.5. The number of amides is 5. The Morgan fingerprint density at radius 2 is 1.04 bits per heavy atom. The first-order chi connectivity index (χ1) is 22.9. The van der Waals surface area contributed by atoms with Gasteiger partial charge in [0.1, 0.15) is 18.3 Å². The Labute approximate surface area is 286 Å². The standard InChI is InChI=1S/C29H57N7O13/c1-30-10-24(44)33(3)14-26(46)35(5)16-27(47)34(4)15-25(45)32(2)13-23(43)31-8-9-36(11-19(39)6-7-20(40)17-37)12-21(41)28(48)29(49)22(42)18-38/h19-22,28-30,37-42,48-49H,6-18H2,1-5H3,(H,31,43)/t19-,20+,21+,22-,28-,29-/m0/s1. The summed E-state index contributed by atoms with van der Waals surface area (Å²) in [4.78, 5) is 68.1. The van der Waals surface area contributed by atoms with Gasteiger partial charge in [-0.05, 0) is 19.9 Å². The number of hydrogen-bond acceptors (Lipinski definition) is 15. The number of nitrogens with zero attached hydrogens (tertiary/aromatic N) is 5. The smallest absolute Gasteiger partial charge is 0.242 e. The number of rotatable bonds is 25. The van der Waals surface area contributed by atoms with Crippen LogP contribution < -0.4 is 10.6 Å². The Kier molecular flexibility index (Phi) is 22.7. The van der Waals surface area contributed by atoms with Crippen LogP contribution in [0, 0.1) is 0 Å². The molecule has 0 saturated heterocycles. The van der Waals surface area contributed by atoms with Gasteiger partial charge < -0.3 is 71.1 Å². The number of aliphatic hydroxyl groups excluding tert-OH is 8. The second kappa shape index (κ2) is 24.2. The van der Waals surface area contributed by atoms with E-state index in [1.54, 1.807) is 7.05 Å². The molecule has 20 heteroatoms. The normalized spacial score (nSPS) is 15.1. The average molecular weight is 712 g/mol. The largest absolute Gasteiger partial charge is 0.394 e. The molecule has 0 aliphatic heterocycles. The third-order valence-corrected chi connectivity index (χ3v) is 7.56. The lowest BCUT2D eigenvalue weighted by atomic mass is 10.0. The van der Waals surface area contributed by atoms with Crippen molar-refractivity contribution >= 4 is 29.5 Å². The first kappa shape index (κ1) is 46.0. The molecule has 286 valence electrons. The lowest BCUT2D eigenvalue weighted by molar-refractivity contribution is -0.144. The quantitative estimate of drug-likeness (QED) is 0.0421. The van der Waals surface area contributed by atoms with Gasteiger partial charge in [-0.2, -0.15) is 0 Å². The van der Waals surface area contributed by atoms with Gasteiger partial charge in [-0.3, -0.25) is 28.9 Å². The number of nitrogens with one attached hydrogen (secondary N) is 2. The Bertz CT molecular complexity index is 1030. The third-order valence-electron chi connectivity index (χ3n) is 7.56. The van der Waals surface area contributed by atoms with Gasteiger partial charge in [-0.15, -0.1) is 0 Å². The van der Waals surface area contributed by atoms with Gasteiger partial charge in [0.2, 0.25) is 29.5 Å². The average Bonchev–Trinajstić information content (AvgIpc) is 3.05. The fraction of sp³-hybridized carbons (Fsp3) is 0.828. The highest BCUT2D eigenvalue weighted by Gasteiger charge is 2.31. The molecule has 0 saturated carbocycles. The van der Waals surface area contributed by atoms with Crippen LogP contribution in [0.15, 0.2) is 0 Å². The van der Waals surface area contributed by atoms with Crippen LogP contribution in [0.2, 0.25) is 0 Å². The van der Waals surface area contributed by atoms with Crippen molar-refractivity contribution < 1.29 is 64.8 Å². The van der Waals surface area contributed by atoms with Crippen molar-refractivity contribution in [2.75, 3.05) is 107 Å². The summed E-state index contributed by atoms with van der Waals surface area (Å²) in [6.07, 6.45) is -9.05. The predicted octanol–water partition coefficient (Wildman–Crippen LogP) is -7.61. The van der Waals surface area contributed by atoms with Crippen molar-refractivity contribution in [3.8, 4) is 0 Å². The van der Waals surface area contributed by atoms with Gasteiger partial charge in [0.05, 0.1) is 64.2 Å². The zero-order valence-electron chi connectivity index (χ0n) is 29.0. The van der Waals surface area contributed by atoms with Crippen molar-refractivity contribution in [1.82, 2.24) is 35.1 Å².